The first-order valence-electron chi connectivity index (χ1n) is 4.34. The van der Waals surface area contributed by atoms with Crippen LogP contribution in [0.4, 0.5) is 0 Å². The van der Waals surface area contributed by atoms with Gasteiger partial charge in [0.2, 0.25) is 5.88 Å². The molecular weight excluding hydrogens is 152 g/mol. The second-order valence-electron chi connectivity index (χ2n) is 2.19. The Bertz CT molecular complexity index is 197. The summed E-state index contributed by atoms with van der Waals surface area (Å²) in [6.45, 7) is 6.08. The maximum absolute atomic E-state index is 5.03. The second-order valence-corrected chi connectivity index (χ2v) is 2.19. The monoisotopic (exact) mass is 170 g/mol. The molecular formula is C9H18N2O. The van der Waals surface area contributed by atoms with Crippen LogP contribution in [0.15, 0.2) is 6.20 Å². The Morgan fingerprint density at radius 3 is 2.42 bits per heavy atom. The summed E-state index contributed by atoms with van der Waals surface area (Å²) in [5, 5.41) is 4.09. The largest absolute Gasteiger partial charge is 0.480 e. The fraction of sp³-hybridized carbons (Fsp3) is 0.667. The van der Waals surface area contributed by atoms with Crippen molar-refractivity contribution in [3.63, 3.8) is 0 Å². The standard InChI is InChI=1S/C7H12N2O.C2H6/c1-4-6-5-9(2)8-7(6)10-3;1-2/h5H,4H2,1-3H3;1-2H3. The van der Waals surface area contributed by atoms with Gasteiger partial charge in [-0.2, -0.15) is 0 Å². The molecule has 12 heavy (non-hydrogen) atoms. The van der Waals surface area contributed by atoms with Crippen LogP contribution in [0.3, 0.4) is 0 Å². The topological polar surface area (TPSA) is 27.1 Å². The van der Waals surface area contributed by atoms with E-state index in [0.717, 1.165) is 17.9 Å². The first-order valence-corrected chi connectivity index (χ1v) is 4.34. The number of ether oxygens (including phenoxy) is 1. The molecule has 0 radical (unpaired) electrons. The van der Waals surface area contributed by atoms with E-state index in [1.54, 1.807) is 11.8 Å². The van der Waals surface area contributed by atoms with E-state index in [1.807, 2.05) is 27.1 Å². The van der Waals surface area contributed by atoms with E-state index < -0.39 is 0 Å². The van der Waals surface area contributed by atoms with Crippen molar-refractivity contribution in [3.8, 4) is 5.88 Å². The van der Waals surface area contributed by atoms with Crippen molar-refractivity contribution in [2.75, 3.05) is 7.11 Å². The van der Waals surface area contributed by atoms with Crippen molar-refractivity contribution in [2.45, 2.75) is 27.2 Å². The first kappa shape index (κ1) is 11.0. The summed E-state index contributed by atoms with van der Waals surface area (Å²) in [7, 11) is 3.53. The van der Waals surface area contributed by atoms with E-state index >= 15 is 0 Å². The van der Waals surface area contributed by atoms with E-state index in [0.29, 0.717) is 0 Å². The minimum atomic E-state index is 0.741. The van der Waals surface area contributed by atoms with E-state index in [2.05, 4.69) is 12.0 Å². The molecule has 0 atom stereocenters. The van der Waals surface area contributed by atoms with Gasteiger partial charge in [0.1, 0.15) is 0 Å². The van der Waals surface area contributed by atoms with Gasteiger partial charge in [-0.3, -0.25) is 4.68 Å². The van der Waals surface area contributed by atoms with Gasteiger partial charge < -0.3 is 4.74 Å². The summed E-state index contributed by atoms with van der Waals surface area (Å²) in [6, 6.07) is 0. The fourth-order valence-corrected chi connectivity index (χ4v) is 0.932. The molecule has 0 aliphatic carbocycles. The van der Waals surface area contributed by atoms with Gasteiger partial charge in [-0.15, -0.1) is 5.10 Å². The summed E-state index contributed by atoms with van der Waals surface area (Å²) in [5.41, 5.74) is 1.16. The van der Waals surface area contributed by atoms with E-state index in [9.17, 15) is 0 Å². The molecule has 0 aliphatic heterocycles. The van der Waals surface area contributed by atoms with Crippen molar-refractivity contribution >= 4 is 0 Å². The van der Waals surface area contributed by atoms with Crippen LogP contribution in [0, 0.1) is 0 Å². The van der Waals surface area contributed by atoms with Crippen LogP contribution < -0.4 is 4.74 Å². The number of hydrogen-bond acceptors (Lipinski definition) is 2. The Morgan fingerprint density at radius 1 is 1.50 bits per heavy atom. The molecule has 0 bridgehead atoms. The Kier molecular flexibility index (Phi) is 5.17. The summed E-state index contributed by atoms with van der Waals surface area (Å²) in [6.07, 6.45) is 2.94. The lowest BCUT2D eigenvalue weighted by Crippen LogP contribution is -1.89. The zero-order valence-corrected chi connectivity index (χ0v) is 8.59. The Balaban J connectivity index is 0.000000561. The lowest BCUT2D eigenvalue weighted by Gasteiger charge is -1.93. The van der Waals surface area contributed by atoms with Gasteiger partial charge >= 0.3 is 0 Å². The molecule has 0 fully saturated rings. The van der Waals surface area contributed by atoms with Gasteiger partial charge in [-0.1, -0.05) is 20.8 Å². The molecule has 0 aromatic carbocycles. The molecule has 1 aromatic rings. The lowest BCUT2D eigenvalue weighted by molar-refractivity contribution is 0.388. The van der Waals surface area contributed by atoms with E-state index in [-0.39, 0.29) is 0 Å². The van der Waals surface area contributed by atoms with Gasteiger partial charge in [0, 0.05) is 18.8 Å². The summed E-state index contributed by atoms with van der Waals surface area (Å²) >= 11 is 0. The minimum Gasteiger partial charge on any atom is -0.480 e. The van der Waals surface area contributed by atoms with Crippen LogP contribution in [0.2, 0.25) is 0 Å². The highest BCUT2D eigenvalue weighted by atomic mass is 16.5. The van der Waals surface area contributed by atoms with Crippen LogP contribution >= 0.6 is 0 Å². The molecule has 0 unspecified atom stereocenters. The maximum atomic E-state index is 5.03. The van der Waals surface area contributed by atoms with Gasteiger partial charge in [0.05, 0.1) is 7.11 Å². The molecule has 1 heterocycles. The highest BCUT2D eigenvalue weighted by Gasteiger charge is 2.03. The number of rotatable bonds is 2. The molecule has 0 saturated heterocycles. The summed E-state index contributed by atoms with van der Waals surface area (Å²) < 4.78 is 6.79. The average Bonchev–Trinajstić information content (AvgIpc) is 2.49. The SMILES string of the molecule is CC.CCc1cn(C)nc1OC. The zero-order chi connectivity index (χ0) is 9.56. The van der Waals surface area contributed by atoms with Gasteiger partial charge in [-0.25, -0.2) is 0 Å². The smallest absolute Gasteiger partial charge is 0.235 e. The van der Waals surface area contributed by atoms with Crippen LogP contribution in [-0.4, -0.2) is 16.9 Å². The molecule has 0 aliphatic rings. The maximum Gasteiger partial charge on any atom is 0.235 e. The van der Waals surface area contributed by atoms with E-state index in [4.69, 9.17) is 4.74 Å². The Hall–Kier alpha value is -0.990. The predicted octanol–water partition coefficient (Wildman–Crippen LogP) is 2.02. The molecule has 0 N–H and O–H groups in total. The van der Waals surface area contributed by atoms with Crippen molar-refractivity contribution in [1.82, 2.24) is 9.78 Å². The molecule has 0 spiro atoms. The third-order valence-corrected chi connectivity index (χ3v) is 1.44. The number of nitrogens with zero attached hydrogens (tertiary/aromatic N) is 2. The van der Waals surface area contributed by atoms with Crippen molar-refractivity contribution in [3.05, 3.63) is 11.8 Å². The quantitative estimate of drug-likeness (QED) is 0.679. The zero-order valence-electron chi connectivity index (χ0n) is 8.59. The highest BCUT2D eigenvalue weighted by molar-refractivity contribution is 5.22. The summed E-state index contributed by atoms with van der Waals surface area (Å²) in [4.78, 5) is 0. The van der Waals surface area contributed by atoms with E-state index in [1.165, 1.54) is 0 Å². The molecule has 0 amide bonds. The Morgan fingerprint density at radius 2 is 2.08 bits per heavy atom. The summed E-state index contributed by atoms with van der Waals surface area (Å²) in [5.74, 6) is 0.741. The molecule has 1 rings (SSSR count). The predicted molar refractivity (Wildman–Crippen MR) is 50.5 cm³/mol. The van der Waals surface area contributed by atoms with Crippen LogP contribution in [0.5, 0.6) is 5.88 Å². The molecule has 70 valence electrons. The van der Waals surface area contributed by atoms with Crippen LogP contribution in [0.1, 0.15) is 26.3 Å². The van der Waals surface area contributed by atoms with Crippen molar-refractivity contribution in [2.24, 2.45) is 7.05 Å². The van der Waals surface area contributed by atoms with Crippen LogP contribution in [-0.2, 0) is 13.5 Å². The Labute approximate surface area is 74.3 Å². The van der Waals surface area contributed by atoms with Crippen molar-refractivity contribution in [1.29, 1.82) is 0 Å². The molecule has 3 nitrogen and oxygen atoms in total. The minimum absolute atomic E-state index is 0.741. The number of aryl methyl sites for hydroxylation is 2. The molecule has 1 aromatic heterocycles. The number of hydrogen-bond donors (Lipinski definition) is 0. The molecule has 0 saturated carbocycles. The number of aromatic nitrogens is 2. The van der Waals surface area contributed by atoms with Gasteiger partial charge in [0.25, 0.3) is 0 Å². The number of methoxy groups -OCH3 is 1. The van der Waals surface area contributed by atoms with Crippen LogP contribution in [0.25, 0.3) is 0 Å². The average molecular weight is 170 g/mol. The van der Waals surface area contributed by atoms with Gasteiger partial charge in [-0.05, 0) is 6.42 Å². The normalized spacial score (nSPS) is 8.75. The van der Waals surface area contributed by atoms with Crippen molar-refractivity contribution < 1.29 is 4.74 Å². The molecule has 3 heteroatoms. The third-order valence-electron chi connectivity index (χ3n) is 1.44. The highest BCUT2D eigenvalue weighted by Crippen LogP contribution is 2.14. The fourth-order valence-electron chi connectivity index (χ4n) is 0.932. The van der Waals surface area contributed by atoms with Gasteiger partial charge in [0.15, 0.2) is 0 Å². The lowest BCUT2D eigenvalue weighted by atomic mass is 10.3. The first-order chi connectivity index (χ1) is 5.77. The second kappa shape index (κ2) is 5.63. The third kappa shape index (κ3) is 2.57.